The molecule has 1 atom stereocenters. The van der Waals surface area contributed by atoms with Gasteiger partial charge in [0.2, 0.25) is 5.89 Å². The lowest BCUT2D eigenvalue weighted by atomic mass is 10.3. The molecule has 2 rings (SSSR count). The summed E-state index contributed by atoms with van der Waals surface area (Å²) in [5, 5.41) is 11.1. The van der Waals surface area contributed by atoms with E-state index in [1.807, 2.05) is 44.1 Å². The Morgan fingerprint density at radius 1 is 1.39 bits per heavy atom. The van der Waals surface area contributed by atoms with Crippen LogP contribution in [0.1, 0.15) is 24.6 Å². The van der Waals surface area contributed by atoms with Gasteiger partial charge in [0.1, 0.15) is 0 Å². The predicted octanol–water partition coefficient (Wildman–Crippen LogP) is 1.38. The highest BCUT2D eigenvalue weighted by molar-refractivity contribution is 5.24. The first-order valence-corrected chi connectivity index (χ1v) is 5.82. The average Bonchev–Trinajstić information content (AvgIpc) is 2.88. The second-order valence-electron chi connectivity index (χ2n) is 4.11. The lowest BCUT2D eigenvalue weighted by molar-refractivity contribution is 0.432. The van der Waals surface area contributed by atoms with Crippen LogP contribution < -0.4 is 10.2 Å². The van der Waals surface area contributed by atoms with Gasteiger partial charge in [0.15, 0.2) is 0 Å². The number of hydrogen-bond acceptors (Lipinski definition) is 6. The molecule has 6 heteroatoms. The quantitative estimate of drug-likeness (QED) is 0.861. The minimum absolute atomic E-state index is 0.0505. The molecular formula is C12H17N5O. The van der Waals surface area contributed by atoms with Gasteiger partial charge in [-0.05, 0) is 26.1 Å². The number of nitrogens with zero attached hydrogens (tertiary/aromatic N) is 4. The molecule has 0 aliphatic carbocycles. The molecular weight excluding hydrogens is 230 g/mol. The molecule has 0 saturated heterocycles. The lowest BCUT2D eigenvalue weighted by Gasteiger charge is -2.13. The van der Waals surface area contributed by atoms with Gasteiger partial charge in [0.05, 0.1) is 18.3 Å². The number of nitrogens with one attached hydrogen (secondary N) is 1. The summed E-state index contributed by atoms with van der Waals surface area (Å²) in [6, 6.07) is 6.36. The van der Waals surface area contributed by atoms with Crippen molar-refractivity contribution in [1.82, 2.24) is 20.5 Å². The lowest BCUT2D eigenvalue weighted by Crippen LogP contribution is -2.17. The Morgan fingerprint density at radius 2 is 2.22 bits per heavy atom. The number of rotatable bonds is 5. The van der Waals surface area contributed by atoms with E-state index in [0.29, 0.717) is 18.5 Å². The van der Waals surface area contributed by atoms with E-state index in [2.05, 4.69) is 20.5 Å². The van der Waals surface area contributed by atoms with E-state index in [1.54, 1.807) is 6.20 Å². The molecule has 0 spiro atoms. The molecule has 96 valence electrons. The van der Waals surface area contributed by atoms with Crippen molar-refractivity contribution in [3.63, 3.8) is 0 Å². The molecule has 2 heterocycles. The van der Waals surface area contributed by atoms with Crippen molar-refractivity contribution in [1.29, 1.82) is 0 Å². The molecule has 0 aromatic carbocycles. The molecule has 0 aliphatic heterocycles. The highest BCUT2D eigenvalue weighted by Gasteiger charge is 2.15. The Kier molecular flexibility index (Phi) is 3.88. The molecule has 0 amide bonds. The number of anilines is 1. The highest BCUT2D eigenvalue weighted by Crippen LogP contribution is 2.17. The van der Waals surface area contributed by atoms with Crippen molar-refractivity contribution in [2.24, 2.45) is 0 Å². The van der Waals surface area contributed by atoms with Gasteiger partial charge in [-0.3, -0.25) is 4.98 Å². The number of hydrogen-bond donors (Lipinski definition) is 1. The maximum absolute atomic E-state index is 5.58. The molecule has 0 saturated carbocycles. The minimum Gasteiger partial charge on any atom is -0.406 e. The SMILES string of the molecule is CNC(C)c1nnc(N(C)Cc2ccccn2)o1. The van der Waals surface area contributed by atoms with Crippen LogP contribution in [0.5, 0.6) is 0 Å². The van der Waals surface area contributed by atoms with Crippen LogP contribution in [0.25, 0.3) is 0 Å². The molecule has 2 aromatic heterocycles. The molecule has 0 aliphatic rings. The maximum Gasteiger partial charge on any atom is 0.318 e. The van der Waals surface area contributed by atoms with Gasteiger partial charge in [0.25, 0.3) is 0 Å². The van der Waals surface area contributed by atoms with E-state index in [9.17, 15) is 0 Å². The third-order valence-electron chi connectivity index (χ3n) is 2.69. The fourth-order valence-corrected chi connectivity index (χ4v) is 1.48. The third-order valence-corrected chi connectivity index (χ3v) is 2.69. The fourth-order valence-electron chi connectivity index (χ4n) is 1.48. The molecule has 6 nitrogen and oxygen atoms in total. The van der Waals surface area contributed by atoms with Crippen LogP contribution in [-0.4, -0.2) is 29.3 Å². The van der Waals surface area contributed by atoms with Gasteiger partial charge < -0.3 is 14.6 Å². The second-order valence-corrected chi connectivity index (χ2v) is 4.11. The van der Waals surface area contributed by atoms with Crippen LogP contribution in [-0.2, 0) is 6.54 Å². The van der Waals surface area contributed by atoms with E-state index < -0.39 is 0 Å². The summed E-state index contributed by atoms with van der Waals surface area (Å²) in [5.74, 6) is 0.584. The smallest absolute Gasteiger partial charge is 0.318 e. The summed E-state index contributed by atoms with van der Waals surface area (Å²) < 4.78 is 5.58. The Morgan fingerprint density at radius 3 is 2.89 bits per heavy atom. The Balaban J connectivity index is 2.05. The van der Waals surface area contributed by atoms with Crippen LogP contribution in [0.4, 0.5) is 6.01 Å². The molecule has 2 aromatic rings. The van der Waals surface area contributed by atoms with E-state index in [4.69, 9.17) is 4.42 Å². The minimum atomic E-state index is 0.0505. The van der Waals surface area contributed by atoms with Gasteiger partial charge in [-0.15, -0.1) is 5.10 Å². The van der Waals surface area contributed by atoms with Crippen LogP contribution >= 0.6 is 0 Å². The predicted molar refractivity (Wildman–Crippen MR) is 68.1 cm³/mol. The molecule has 0 bridgehead atoms. The number of aromatic nitrogens is 3. The standard InChI is InChI=1S/C12H17N5O/c1-9(13-2)11-15-16-12(18-11)17(3)8-10-6-4-5-7-14-10/h4-7,9,13H,8H2,1-3H3. The van der Waals surface area contributed by atoms with Gasteiger partial charge in [-0.1, -0.05) is 11.2 Å². The van der Waals surface area contributed by atoms with Crippen molar-refractivity contribution in [3.8, 4) is 0 Å². The normalized spacial score (nSPS) is 12.4. The monoisotopic (exact) mass is 247 g/mol. The largest absolute Gasteiger partial charge is 0.406 e. The van der Waals surface area contributed by atoms with Crippen LogP contribution in [0.15, 0.2) is 28.8 Å². The van der Waals surface area contributed by atoms with Crippen LogP contribution in [0.3, 0.4) is 0 Å². The Hall–Kier alpha value is -1.95. The zero-order chi connectivity index (χ0) is 13.0. The van der Waals surface area contributed by atoms with E-state index >= 15 is 0 Å². The number of pyridine rings is 1. The Bertz CT molecular complexity index is 484. The van der Waals surface area contributed by atoms with Crippen molar-refractivity contribution in [3.05, 3.63) is 36.0 Å². The topological polar surface area (TPSA) is 67.1 Å². The third kappa shape index (κ3) is 2.84. The molecule has 1 unspecified atom stereocenters. The molecule has 0 radical (unpaired) electrons. The first-order chi connectivity index (χ1) is 8.70. The summed E-state index contributed by atoms with van der Waals surface area (Å²) in [6.45, 7) is 2.60. The molecule has 1 N–H and O–H groups in total. The summed E-state index contributed by atoms with van der Waals surface area (Å²) in [4.78, 5) is 6.13. The first kappa shape index (κ1) is 12.5. The zero-order valence-corrected chi connectivity index (χ0v) is 10.8. The maximum atomic E-state index is 5.58. The van der Waals surface area contributed by atoms with Gasteiger partial charge in [-0.2, -0.15) is 0 Å². The summed E-state index contributed by atoms with van der Waals surface area (Å²) in [6.07, 6.45) is 1.77. The molecule has 0 fully saturated rings. The van der Waals surface area contributed by atoms with E-state index in [0.717, 1.165) is 5.69 Å². The molecule has 18 heavy (non-hydrogen) atoms. The zero-order valence-electron chi connectivity index (χ0n) is 10.8. The summed E-state index contributed by atoms with van der Waals surface area (Å²) >= 11 is 0. The van der Waals surface area contributed by atoms with Crippen molar-refractivity contribution >= 4 is 6.01 Å². The summed E-state index contributed by atoms with van der Waals surface area (Å²) in [7, 11) is 3.75. The van der Waals surface area contributed by atoms with Crippen LogP contribution in [0.2, 0.25) is 0 Å². The van der Waals surface area contributed by atoms with Gasteiger partial charge in [-0.25, -0.2) is 0 Å². The fraction of sp³-hybridized carbons (Fsp3) is 0.417. The van der Waals surface area contributed by atoms with Crippen molar-refractivity contribution in [2.75, 3.05) is 19.0 Å². The van der Waals surface area contributed by atoms with Gasteiger partial charge in [0, 0.05) is 13.2 Å². The van der Waals surface area contributed by atoms with Crippen molar-refractivity contribution < 1.29 is 4.42 Å². The summed E-state index contributed by atoms with van der Waals surface area (Å²) in [5.41, 5.74) is 0.960. The van der Waals surface area contributed by atoms with Crippen LogP contribution in [0, 0.1) is 0 Å². The van der Waals surface area contributed by atoms with Crippen molar-refractivity contribution in [2.45, 2.75) is 19.5 Å². The van der Waals surface area contributed by atoms with E-state index in [-0.39, 0.29) is 6.04 Å². The van der Waals surface area contributed by atoms with E-state index in [1.165, 1.54) is 0 Å². The Labute approximate surface area is 106 Å². The second kappa shape index (κ2) is 5.59. The highest BCUT2D eigenvalue weighted by atomic mass is 16.4. The first-order valence-electron chi connectivity index (χ1n) is 5.82. The van der Waals surface area contributed by atoms with Gasteiger partial charge >= 0.3 is 6.01 Å². The average molecular weight is 247 g/mol.